The third kappa shape index (κ3) is 1.75. The van der Waals surface area contributed by atoms with Gasteiger partial charge in [-0.05, 0) is 24.6 Å². The van der Waals surface area contributed by atoms with Crippen LogP contribution < -0.4 is 0 Å². The SMILES string of the molecule is Cc1cc(C2(Br)C(=O)c3ccccc3C2=O)cc(Cl)n1. The number of hydrogen-bond acceptors (Lipinski definition) is 3. The number of aryl methyl sites for hydroxylation is 1. The molecular formula is C15H9BrClNO2. The highest BCUT2D eigenvalue weighted by atomic mass is 79.9. The number of halogens is 2. The number of rotatable bonds is 1. The number of alkyl halides is 1. The Balaban J connectivity index is 2.24. The smallest absolute Gasteiger partial charge is 0.192 e. The highest BCUT2D eigenvalue weighted by molar-refractivity contribution is 9.10. The average molecular weight is 351 g/mol. The van der Waals surface area contributed by atoms with Gasteiger partial charge in [-0.1, -0.05) is 51.8 Å². The molecular weight excluding hydrogens is 342 g/mol. The monoisotopic (exact) mass is 349 g/mol. The fourth-order valence-electron chi connectivity index (χ4n) is 2.44. The summed E-state index contributed by atoms with van der Waals surface area (Å²) >= 11 is 9.29. The Kier molecular flexibility index (Phi) is 3.03. The van der Waals surface area contributed by atoms with Crippen molar-refractivity contribution in [2.24, 2.45) is 0 Å². The number of aromatic nitrogens is 1. The van der Waals surface area contributed by atoms with Crippen LogP contribution in [-0.4, -0.2) is 16.6 Å². The maximum atomic E-state index is 12.6. The Morgan fingerprint density at radius 3 is 2.15 bits per heavy atom. The molecule has 0 saturated heterocycles. The molecule has 0 radical (unpaired) electrons. The van der Waals surface area contributed by atoms with Crippen LogP contribution in [0.25, 0.3) is 0 Å². The Labute approximate surface area is 129 Å². The van der Waals surface area contributed by atoms with Crippen molar-refractivity contribution in [2.45, 2.75) is 11.2 Å². The highest BCUT2D eigenvalue weighted by Crippen LogP contribution is 2.44. The van der Waals surface area contributed by atoms with Crippen LogP contribution in [0.5, 0.6) is 0 Å². The normalized spacial score (nSPS) is 16.4. The molecule has 1 aromatic heterocycles. The Hall–Kier alpha value is -1.52. The second-order valence-corrected chi connectivity index (χ2v) is 6.26. The predicted molar refractivity (Wildman–Crippen MR) is 79.7 cm³/mol. The van der Waals surface area contributed by atoms with Gasteiger partial charge in [-0.25, -0.2) is 4.98 Å². The molecule has 1 heterocycles. The molecule has 0 amide bonds. The van der Waals surface area contributed by atoms with Gasteiger partial charge < -0.3 is 0 Å². The van der Waals surface area contributed by atoms with Gasteiger partial charge in [-0.15, -0.1) is 0 Å². The van der Waals surface area contributed by atoms with Crippen molar-refractivity contribution in [3.63, 3.8) is 0 Å². The first-order valence-corrected chi connectivity index (χ1v) is 7.14. The van der Waals surface area contributed by atoms with Gasteiger partial charge in [0, 0.05) is 16.8 Å². The third-order valence-electron chi connectivity index (χ3n) is 3.36. The Morgan fingerprint density at radius 2 is 1.65 bits per heavy atom. The molecule has 0 bridgehead atoms. The summed E-state index contributed by atoms with van der Waals surface area (Å²) in [6.45, 7) is 1.77. The molecule has 0 unspecified atom stereocenters. The minimum absolute atomic E-state index is 0.260. The van der Waals surface area contributed by atoms with Crippen molar-refractivity contribution >= 4 is 39.1 Å². The summed E-state index contributed by atoms with van der Waals surface area (Å²) in [6, 6.07) is 10.1. The molecule has 0 spiro atoms. The van der Waals surface area contributed by atoms with Crippen LogP contribution in [0.4, 0.5) is 0 Å². The van der Waals surface area contributed by atoms with Gasteiger partial charge in [-0.2, -0.15) is 0 Å². The third-order valence-corrected chi connectivity index (χ3v) is 4.73. The number of fused-ring (bicyclic) bond motifs is 1. The fourth-order valence-corrected chi connectivity index (χ4v) is 3.35. The molecule has 0 saturated carbocycles. The number of carbonyl (C=O) groups excluding carboxylic acids is 2. The quantitative estimate of drug-likeness (QED) is 0.447. The van der Waals surface area contributed by atoms with E-state index in [1.165, 1.54) is 0 Å². The molecule has 3 nitrogen and oxygen atoms in total. The summed E-state index contributed by atoms with van der Waals surface area (Å²) in [5.74, 6) is -0.528. The standard InChI is InChI=1S/C15H9BrClNO2/c1-8-6-9(7-12(17)18-8)15(16)13(19)10-4-2-3-5-11(10)14(15)20/h2-7H,1H3. The number of Topliss-reactive ketones (excluding diaryl/α,β-unsaturated/α-hetero) is 2. The number of pyridine rings is 1. The average Bonchev–Trinajstić information content (AvgIpc) is 2.62. The van der Waals surface area contributed by atoms with E-state index in [1.807, 2.05) is 0 Å². The lowest BCUT2D eigenvalue weighted by molar-refractivity contribution is 0.0871. The zero-order valence-corrected chi connectivity index (χ0v) is 12.8. The molecule has 1 aromatic carbocycles. The topological polar surface area (TPSA) is 47.0 Å². The Morgan fingerprint density at radius 1 is 1.10 bits per heavy atom. The molecule has 2 aromatic rings. The van der Waals surface area contributed by atoms with Gasteiger partial charge in [0.05, 0.1) is 0 Å². The van der Waals surface area contributed by atoms with E-state index in [1.54, 1.807) is 43.3 Å². The lowest BCUT2D eigenvalue weighted by atomic mass is 9.94. The minimum Gasteiger partial charge on any atom is -0.292 e. The second-order valence-electron chi connectivity index (χ2n) is 4.68. The molecule has 20 heavy (non-hydrogen) atoms. The van der Waals surface area contributed by atoms with Gasteiger partial charge in [0.2, 0.25) is 0 Å². The van der Waals surface area contributed by atoms with E-state index in [2.05, 4.69) is 20.9 Å². The van der Waals surface area contributed by atoms with Crippen molar-refractivity contribution in [1.29, 1.82) is 0 Å². The summed E-state index contributed by atoms with van der Waals surface area (Å²) in [6.07, 6.45) is 0. The fraction of sp³-hybridized carbons (Fsp3) is 0.133. The highest BCUT2D eigenvalue weighted by Gasteiger charge is 2.52. The maximum absolute atomic E-state index is 12.6. The van der Waals surface area contributed by atoms with Crippen LogP contribution in [0, 0.1) is 6.92 Å². The first kappa shape index (κ1) is 13.5. The van der Waals surface area contributed by atoms with E-state index in [-0.39, 0.29) is 16.7 Å². The van der Waals surface area contributed by atoms with Crippen LogP contribution in [-0.2, 0) is 4.32 Å². The zero-order chi connectivity index (χ0) is 14.5. The molecule has 0 fully saturated rings. The van der Waals surface area contributed by atoms with E-state index >= 15 is 0 Å². The molecule has 0 aliphatic heterocycles. The van der Waals surface area contributed by atoms with Gasteiger partial charge >= 0.3 is 0 Å². The van der Waals surface area contributed by atoms with E-state index in [4.69, 9.17) is 11.6 Å². The molecule has 3 rings (SSSR count). The van der Waals surface area contributed by atoms with E-state index in [0.29, 0.717) is 22.4 Å². The molecule has 1 aliphatic rings. The van der Waals surface area contributed by atoms with Crippen LogP contribution in [0.15, 0.2) is 36.4 Å². The summed E-state index contributed by atoms with van der Waals surface area (Å²) in [5.41, 5.74) is 2.03. The van der Waals surface area contributed by atoms with Crippen molar-refractivity contribution in [2.75, 3.05) is 0 Å². The minimum atomic E-state index is -1.39. The van der Waals surface area contributed by atoms with E-state index in [0.717, 1.165) is 0 Å². The van der Waals surface area contributed by atoms with Crippen molar-refractivity contribution in [1.82, 2.24) is 4.98 Å². The van der Waals surface area contributed by atoms with Crippen molar-refractivity contribution in [3.8, 4) is 0 Å². The van der Waals surface area contributed by atoms with Crippen LogP contribution in [0.2, 0.25) is 5.15 Å². The molecule has 5 heteroatoms. The maximum Gasteiger partial charge on any atom is 0.192 e. The van der Waals surface area contributed by atoms with Crippen LogP contribution >= 0.6 is 27.5 Å². The van der Waals surface area contributed by atoms with Gasteiger partial charge in [-0.3, -0.25) is 9.59 Å². The summed E-state index contributed by atoms with van der Waals surface area (Å²) < 4.78 is -1.39. The number of ketones is 2. The van der Waals surface area contributed by atoms with Crippen molar-refractivity contribution < 1.29 is 9.59 Å². The van der Waals surface area contributed by atoms with Gasteiger partial charge in [0.15, 0.2) is 15.9 Å². The first-order chi connectivity index (χ1) is 9.44. The first-order valence-electron chi connectivity index (χ1n) is 5.97. The summed E-state index contributed by atoms with van der Waals surface area (Å²) in [4.78, 5) is 29.3. The lowest BCUT2D eigenvalue weighted by Gasteiger charge is -2.19. The number of nitrogens with zero attached hydrogens (tertiary/aromatic N) is 1. The van der Waals surface area contributed by atoms with Crippen molar-refractivity contribution in [3.05, 3.63) is 63.9 Å². The summed E-state index contributed by atoms with van der Waals surface area (Å²) in [7, 11) is 0. The lowest BCUT2D eigenvalue weighted by Crippen LogP contribution is -2.31. The number of benzene rings is 1. The molecule has 0 atom stereocenters. The van der Waals surface area contributed by atoms with Crippen LogP contribution in [0.3, 0.4) is 0 Å². The van der Waals surface area contributed by atoms with E-state index in [9.17, 15) is 9.59 Å². The number of hydrogen-bond donors (Lipinski definition) is 0. The second kappa shape index (κ2) is 4.50. The molecule has 100 valence electrons. The zero-order valence-electron chi connectivity index (χ0n) is 10.5. The molecule has 0 N–H and O–H groups in total. The summed E-state index contributed by atoms with van der Waals surface area (Å²) in [5, 5.41) is 0.260. The molecule has 1 aliphatic carbocycles. The van der Waals surface area contributed by atoms with Gasteiger partial charge in [0.1, 0.15) is 5.15 Å². The number of carbonyl (C=O) groups is 2. The van der Waals surface area contributed by atoms with Crippen LogP contribution in [0.1, 0.15) is 32.0 Å². The Bertz CT molecular complexity index is 702. The van der Waals surface area contributed by atoms with Gasteiger partial charge in [0.25, 0.3) is 0 Å². The largest absolute Gasteiger partial charge is 0.292 e. The predicted octanol–water partition coefficient (Wildman–Crippen LogP) is 3.71. The van der Waals surface area contributed by atoms with E-state index < -0.39 is 4.32 Å².